The summed E-state index contributed by atoms with van der Waals surface area (Å²) < 4.78 is 12.7. The van der Waals surface area contributed by atoms with Crippen LogP contribution in [0.4, 0.5) is 10.1 Å². The number of hydrogen-bond acceptors (Lipinski definition) is 4. The average molecular weight is 288 g/mol. The van der Waals surface area contributed by atoms with Gasteiger partial charge in [-0.25, -0.2) is 9.37 Å². The summed E-state index contributed by atoms with van der Waals surface area (Å²) in [5, 5.41) is 14.0. The molecule has 6 nitrogen and oxygen atoms in total. The molecule has 1 aromatic carbocycles. The molecule has 7 heteroatoms. The van der Waals surface area contributed by atoms with Crippen LogP contribution in [0.1, 0.15) is 16.1 Å². The third kappa shape index (κ3) is 4.00. The van der Waals surface area contributed by atoms with Gasteiger partial charge in [0.2, 0.25) is 0 Å². The molecular formula is C14H13FN4O2. The van der Waals surface area contributed by atoms with Crippen LogP contribution < -0.4 is 11.1 Å². The van der Waals surface area contributed by atoms with Gasteiger partial charge in [-0.15, -0.1) is 0 Å². The lowest BCUT2D eigenvalue weighted by molar-refractivity contribution is 0.102. The zero-order valence-corrected chi connectivity index (χ0v) is 11.0. The monoisotopic (exact) mass is 288 g/mol. The molecule has 1 heterocycles. The molecule has 0 saturated carbocycles. The normalized spacial score (nSPS) is 11.2. The number of amides is 1. The van der Waals surface area contributed by atoms with E-state index in [4.69, 9.17) is 10.9 Å². The van der Waals surface area contributed by atoms with Crippen LogP contribution in [0.5, 0.6) is 0 Å². The van der Waals surface area contributed by atoms with Crippen molar-refractivity contribution in [2.75, 3.05) is 5.32 Å². The molecule has 1 aromatic heterocycles. The summed E-state index contributed by atoms with van der Waals surface area (Å²) in [6.07, 6.45) is 1.29. The molecular weight excluding hydrogens is 275 g/mol. The van der Waals surface area contributed by atoms with Gasteiger partial charge in [0.25, 0.3) is 5.91 Å². The smallest absolute Gasteiger partial charge is 0.274 e. The number of oxime groups is 1. The van der Waals surface area contributed by atoms with E-state index in [9.17, 15) is 9.18 Å². The first-order valence-electron chi connectivity index (χ1n) is 6.07. The molecule has 0 fully saturated rings. The fourth-order valence-corrected chi connectivity index (χ4v) is 1.66. The minimum atomic E-state index is -0.501. The molecule has 2 rings (SSSR count). The van der Waals surface area contributed by atoms with Gasteiger partial charge in [0, 0.05) is 12.1 Å². The lowest BCUT2D eigenvalue weighted by Crippen LogP contribution is -2.15. The number of carbonyl (C=O) groups is 1. The Morgan fingerprint density at radius 1 is 1.29 bits per heavy atom. The van der Waals surface area contributed by atoms with Crippen molar-refractivity contribution in [3.63, 3.8) is 0 Å². The number of pyridine rings is 1. The summed E-state index contributed by atoms with van der Waals surface area (Å²) in [5.74, 6) is -0.833. The molecule has 21 heavy (non-hydrogen) atoms. The molecule has 108 valence electrons. The zero-order valence-electron chi connectivity index (χ0n) is 11.0. The van der Waals surface area contributed by atoms with Gasteiger partial charge in [-0.1, -0.05) is 17.3 Å². The molecule has 0 atom stereocenters. The third-order valence-electron chi connectivity index (χ3n) is 2.69. The predicted octanol–water partition coefficient (Wildman–Crippen LogP) is 1.76. The Morgan fingerprint density at radius 3 is 2.57 bits per heavy atom. The van der Waals surface area contributed by atoms with Crippen molar-refractivity contribution in [3.8, 4) is 0 Å². The van der Waals surface area contributed by atoms with E-state index in [2.05, 4.69) is 15.5 Å². The maximum atomic E-state index is 12.7. The number of carbonyl (C=O) groups excluding carboxylic acids is 1. The first-order valence-corrected chi connectivity index (χ1v) is 6.07. The number of hydrogen-bond donors (Lipinski definition) is 3. The first-order chi connectivity index (χ1) is 10.1. The van der Waals surface area contributed by atoms with E-state index in [0.29, 0.717) is 12.1 Å². The third-order valence-corrected chi connectivity index (χ3v) is 2.69. The number of rotatable bonds is 4. The van der Waals surface area contributed by atoms with Gasteiger partial charge >= 0.3 is 0 Å². The number of nitrogens with zero attached hydrogens (tertiary/aromatic N) is 2. The minimum absolute atomic E-state index is 0.0993. The number of amidine groups is 1. The van der Waals surface area contributed by atoms with Gasteiger partial charge in [-0.3, -0.25) is 4.79 Å². The standard InChI is InChI=1S/C14H13FN4O2/c15-10-3-6-12(17-8-10)14(20)18-11-4-1-9(2-5-11)7-13(16)19-21/h1-6,8,21H,7H2,(H2,16,19)(H,18,20). The summed E-state index contributed by atoms with van der Waals surface area (Å²) in [7, 11) is 0. The van der Waals surface area contributed by atoms with Crippen LogP contribution in [0.2, 0.25) is 0 Å². The second kappa shape index (κ2) is 6.47. The van der Waals surface area contributed by atoms with E-state index in [0.717, 1.165) is 11.8 Å². The summed E-state index contributed by atoms with van der Waals surface area (Å²) in [5.41, 5.74) is 6.93. The summed E-state index contributed by atoms with van der Waals surface area (Å²) in [4.78, 5) is 15.6. The Bertz CT molecular complexity index is 654. The van der Waals surface area contributed by atoms with Crippen LogP contribution in [0.3, 0.4) is 0 Å². The first kappa shape index (κ1) is 14.4. The fraction of sp³-hybridized carbons (Fsp3) is 0.0714. The highest BCUT2D eigenvalue weighted by molar-refractivity contribution is 6.02. The van der Waals surface area contributed by atoms with Crippen molar-refractivity contribution in [2.24, 2.45) is 10.9 Å². The van der Waals surface area contributed by atoms with Crippen molar-refractivity contribution in [1.82, 2.24) is 4.98 Å². The van der Waals surface area contributed by atoms with Gasteiger partial charge in [0.05, 0.1) is 6.20 Å². The SMILES string of the molecule is N/C(Cc1ccc(NC(=O)c2ccc(F)cn2)cc1)=N/O. The maximum Gasteiger partial charge on any atom is 0.274 e. The van der Waals surface area contributed by atoms with E-state index in [1.54, 1.807) is 24.3 Å². The summed E-state index contributed by atoms with van der Waals surface area (Å²) in [6.45, 7) is 0. The fourth-order valence-electron chi connectivity index (χ4n) is 1.66. The van der Waals surface area contributed by atoms with Crippen LogP contribution in [-0.4, -0.2) is 21.9 Å². The predicted molar refractivity (Wildman–Crippen MR) is 75.7 cm³/mol. The van der Waals surface area contributed by atoms with Gasteiger partial charge in [-0.2, -0.15) is 0 Å². The van der Waals surface area contributed by atoms with Crippen molar-refractivity contribution in [1.29, 1.82) is 0 Å². The molecule has 0 bridgehead atoms. The van der Waals surface area contributed by atoms with Gasteiger partial charge in [0.1, 0.15) is 17.3 Å². The van der Waals surface area contributed by atoms with Crippen LogP contribution in [0.15, 0.2) is 47.8 Å². The van der Waals surface area contributed by atoms with Crippen molar-refractivity contribution < 1.29 is 14.4 Å². The Labute approximate surface area is 120 Å². The highest BCUT2D eigenvalue weighted by Gasteiger charge is 2.07. The van der Waals surface area contributed by atoms with Crippen LogP contribution in [0.25, 0.3) is 0 Å². The van der Waals surface area contributed by atoms with E-state index < -0.39 is 11.7 Å². The summed E-state index contributed by atoms with van der Waals surface area (Å²) >= 11 is 0. The maximum absolute atomic E-state index is 12.7. The molecule has 0 aliphatic rings. The topological polar surface area (TPSA) is 101 Å². The largest absolute Gasteiger partial charge is 0.409 e. The lowest BCUT2D eigenvalue weighted by Gasteiger charge is -2.06. The van der Waals surface area contributed by atoms with Crippen molar-refractivity contribution in [2.45, 2.75) is 6.42 Å². The Hall–Kier alpha value is -2.96. The van der Waals surface area contributed by atoms with Crippen LogP contribution in [-0.2, 0) is 6.42 Å². The van der Waals surface area contributed by atoms with E-state index >= 15 is 0 Å². The zero-order chi connectivity index (χ0) is 15.2. The number of benzene rings is 1. The number of nitrogens with two attached hydrogens (primary N) is 1. The van der Waals surface area contributed by atoms with Crippen molar-refractivity contribution >= 4 is 17.4 Å². The average Bonchev–Trinajstić information content (AvgIpc) is 2.49. The molecule has 0 saturated heterocycles. The van der Waals surface area contributed by atoms with E-state index in [-0.39, 0.29) is 11.5 Å². The number of nitrogens with one attached hydrogen (secondary N) is 1. The molecule has 0 aliphatic heterocycles. The molecule has 0 unspecified atom stereocenters. The van der Waals surface area contributed by atoms with E-state index in [1.165, 1.54) is 12.1 Å². The van der Waals surface area contributed by atoms with Crippen LogP contribution in [0, 0.1) is 5.82 Å². The second-order valence-corrected chi connectivity index (χ2v) is 4.28. The molecule has 0 spiro atoms. The molecule has 0 radical (unpaired) electrons. The molecule has 4 N–H and O–H groups in total. The highest BCUT2D eigenvalue weighted by Crippen LogP contribution is 2.11. The summed E-state index contributed by atoms with van der Waals surface area (Å²) in [6, 6.07) is 9.32. The van der Waals surface area contributed by atoms with Crippen molar-refractivity contribution in [3.05, 3.63) is 59.7 Å². The number of anilines is 1. The molecule has 2 aromatic rings. The highest BCUT2D eigenvalue weighted by atomic mass is 19.1. The molecule has 0 aliphatic carbocycles. The van der Waals surface area contributed by atoms with Gasteiger partial charge in [-0.05, 0) is 29.8 Å². The van der Waals surface area contributed by atoms with E-state index in [1.807, 2.05) is 0 Å². The van der Waals surface area contributed by atoms with Gasteiger partial charge in [0.15, 0.2) is 0 Å². The number of aromatic nitrogens is 1. The Morgan fingerprint density at radius 2 is 2.00 bits per heavy atom. The lowest BCUT2D eigenvalue weighted by atomic mass is 10.1. The van der Waals surface area contributed by atoms with Gasteiger partial charge < -0.3 is 16.3 Å². The van der Waals surface area contributed by atoms with Crippen LogP contribution >= 0.6 is 0 Å². The Kier molecular flexibility index (Phi) is 4.45. The second-order valence-electron chi connectivity index (χ2n) is 4.28. The Balaban J connectivity index is 2.03. The molecule has 1 amide bonds. The minimum Gasteiger partial charge on any atom is -0.409 e. The number of halogens is 1. The quantitative estimate of drug-likeness (QED) is 0.345.